The fourth-order valence-corrected chi connectivity index (χ4v) is 7.16. The highest BCUT2D eigenvalue weighted by molar-refractivity contribution is 7.90. The molecule has 4 aromatic rings. The third kappa shape index (κ3) is 6.36. The lowest BCUT2D eigenvalue weighted by Crippen LogP contribution is -2.28. The lowest BCUT2D eigenvalue weighted by molar-refractivity contribution is -0.160. The predicted molar refractivity (Wildman–Crippen MR) is 168 cm³/mol. The molecule has 0 bridgehead atoms. The first-order valence-electron chi connectivity index (χ1n) is 14.4. The van der Waals surface area contributed by atoms with Crippen molar-refractivity contribution in [2.45, 2.75) is 72.0 Å². The van der Waals surface area contributed by atoms with Gasteiger partial charge in [-0.15, -0.1) is 0 Å². The summed E-state index contributed by atoms with van der Waals surface area (Å²) in [6, 6.07) is 3.30. The molecule has 0 amide bonds. The second-order valence-electron chi connectivity index (χ2n) is 12.3. The molecule has 1 atom stereocenters. The van der Waals surface area contributed by atoms with E-state index < -0.39 is 33.3 Å². The maximum atomic E-state index is 15.6. The average molecular weight is 645 g/mol. The Bertz CT molecular complexity index is 1870. The van der Waals surface area contributed by atoms with Crippen LogP contribution in [0.4, 0.5) is 4.39 Å². The van der Waals surface area contributed by atoms with E-state index in [1.165, 1.54) is 23.9 Å². The summed E-state index contributed by atoms with van der Waals surface area (Å²) < 4.78 is 56.9. The standard InChI is InChI=1S/C31H37FN4O6S2/c1-16-18-10-8-12-41-26(18)21(32)14-19(16)25-20-15-22(29-34-23(35-43-29)11-9-13-44(7,39)40)36(6)28(20)33-17(2)24(25)27(30(37)38)42-31(3,4)5/h14-15,27H,8-13H2,1-7H3,(H,37,38)/t27-/m0/s1. The van der Waals surface area contributed by atoms with E-state index in [4.69, 9.17) is 14.5 Å². The van der Waals surface area contributed by atoms with E-state index in [2.05, 4.69) is 9.36 Å². The molecule has 10 nitrogen and oxygen atoms in total. The first-order chi connectivity index (χ1) is 20.6. The number of aliphatic carboxylic acids is 1. The molecule has 1 aliphatic rings. The minimum Gasteiger partial charge on any atom is -0.490 e. The second-order valence-corrected chi connectivity index (χ2v) is 15.3. The van der Waals surface area contributed by atoms with Gasteiger partial charge in [0.2, 0.25) is 0 Å². The number of nitrogens with zero attached hydrogens (tertiary/aromatic N) is 4. The number of ether oxygens (including phenoxy) is 2. The van der Waals surface area contributed by atoms with Gasteiger partial charge in [-0.2, -0.15) is 4.37 Å². The Hall–Kier alpha value is -3.42. The summed E-state index contributed by atoms with van der Waals surface area (Å²) in [5.74, 6) is -0.845. The summed E-state index contributed by atoms with van der Waals surface area (Å²) in [5, 5.41) is 11.7. The van der Waals surface area contributed by atoms with E-state index in [0.29, 0.717) is 75.8 Å². The molecule has 0 saturated heterocycles. The Balaban J connectivity index is 1.75. The maximum Gasteiger partial charge on any atom is 0.337 e. The number of hydrogen-bond donors (Lipinski definition) is 1. The van der Waals surface area contributed by atoms with Crippen molar-refractivity contribution in [1.82, 2.24) is 18.9 Å². The van der Waals surface area contributed by atoms with Gasteiger partial charge in [-0.1, -0.05) is 0 Å². The molecule has 236 valence electrons. The number of hydrogen-bond acceptors (Lipinski definition) is 9. The quantitative estimate of drug-likeness (QED) is 0.242. The van der Waals surface area contributed by atoms with Crippen LogP contribution < -0.4 is 4.74 Å². The van der Waals surface area contributed by atoms with Crippen molar-refractivity contribution in [1.29, 1.82) is 0 Å². The predicted octanol–water partition coefficient (Wildman–Crippen LogP) is 5.76. The number of fused-ring (bicyclic) bond motifs is 2. The van der Waals surface area contributed by atoms with Gasteiger partial charge in [0.05, 0.1) is 23.7 Å². The zero-order chi connectivity index (χ0) is 32.1. The fourth-order valence-electron chi connectivity index (χ4n) is 5.73. The van der Waals surface area contributed by atoms with E-state index >= 15 is 4.39 Å². The largest absolute Gasteiger partial charge is 0.490 e. The molecule has 44 heavy (non-hydrogen) atoms. The van der Waals surface area contributed by atoms with Crippen molar-refractivity contribution in [2.75, 3.05) is 18.6 Å². The van der Waals surface area contributed by atoms with Crippen molar-refractivity contribution < 1.29 is 32.2 Å². The van der Waals surface area contributed by atoms with Gasteiger partial charge < -0.3 is 19.1 Å². The Morgan fingerprint density at radius 2 is 1.98 bits per heavy atom. The Morgan fingerprint density at radius 3 is 2.64 bits per heavy atom. The SMILES string of the molecule is Cc1nc2c(cc(-c3nc(CCCS(C)(=O)=O)ns3)n2C)c(-c2cc(F)c3c(c2C)CCCO3)c1[C@H](OC(C)(C)C)C(=O)O. The molecular weight excluding hydrogens is 607 g/mol. The van der Waals surface area contributed by atoms with E-state index in [1.807, 2.05) is 24.6 Å². The molecule has 3 aromatic heterocycles. The summed E-state index contributed by atoms with van der Waals surface area (Å²) in [6.45, 7) is 9.45. The first-order valence-corrected chi connectivity index (χ1v) is 17.3. The summed E-state index contributed by atoms with van der Waals surface area (Å²) in [5.41, 5.74) is 3.93. The number of aryl methyl sites for hydroxylation is 3. The van der Waals surface area contributed by atoms with E-state index in [0.717, 1.165) is 17.5 Å². The van der Waals surface area contributed by atoms with Crippen LogP contribution in [0.1, 0.15) is 67.9 Å². The molecule has 0 radical (unpaired) electrons. The van der Waals surface area contributed by atoms with Crippen molar-refractivity contribution in [2.24, 2.45) is 7.05 Å². The average Bonchev–Trinajstić information content (AvgIpc) is 3.52. The molecule has 4 heterocycles. The number of rotatable bonds is 9. The normalized spacial score (nSPS) is 14.5. The molecule has 0 aliphatic carbocycles. The van der Waals surface area contributed by atoms with Crippen LogP contribution in [0.15, 0.2) is 12.1 Å². The zero-order valence-corrected chi connectivity index (χ0v) is 27.6. The van der Waals surface area contributed by atoms with Crippen LogP contribution in [0, 0.1) is 19.7 Å². The molecule has 0 saturated carbocycles. The van der Waals surface area contributed by atoms with Gasteiger partial charge in [0.25, 0.3) is 0 Å². The van der Waals surface area contributed by atoms with Gasteiger partial charge in [0.1, 0.15) is 21.3 Å². The van der Waals surface area contributed by atoms with E-state index in [-0.39, 0.29) is 11.5 Å². The van der Waals surface area contributed by atoms with Gasteiger partial charge in [-0.05, 0) is 88.7 Å². The number of carboxylic acids is 1. The molecule has 0 spiro atoms. The molecular formula is C31H37FN4O6S2. The number of halogens is 1. The molecule has 13 heteroatoms. The number of pyridine rings is 1. The molecule has 5 rings (SSSR count). The van der Waals surface area contributed by atoms with Gasteiger partial charge >= 0.3 is 5.97 Å². The molecule has 1 N–H and O–H groups in total. The fraction of sp³-hybridized carbons (Fsp3) is 0.484. The topological polar surface area (TPSA) is 134 Å². The van der Waals surface area contributed by atoms with Crippen LogP contribution >= 0.6 is 11.5 Å². The second kappa shape index (κ2) is 11.8. The van der Waals surface area contributed by atoms with Gasteiger partial charge in [-0.3, -0.25) is 0 Å². The zero-order valence-electron chi connectivity index (χ0n) is 25.9. The van der Waals surface area contributed by atoms with Crippen LogP contribution in [0.3, 0.4) is 0 Å². The molecule has 1 aromatic carbocycles. The molecule has 1 aliphatic heterocycles. The Kier molecular flexibility index (Phi) is 8.60. The summed E-state index contributed by atoms with van der Waals surface area (Å²) in [4.78, 5) is 22.3. The summed E-state index contributed by atoms with van der Waals surface area (Å²) in [6.07, 6.45) is 2.05. The van der Waals surface area contributed by atoms with Crippen molar-refractivity contribution in [3.8, 4) is 27.6 Å². The number of sulfone groups is 1. The lowest BCUT2D eigenvalue weighted by atomic mass is 9.86. The highest BCUT2D eigenvalue weighted by Gasteiger charge is 2.34. The van der Waals surface area contributed by atoms with Crippen LogP contribution in [0.25, 0.3) is 32.9 Å². The van der Waals surface area contributed by atoms with Crippen LogP contribution in [0.5, 0.6) is 5.75 Å². The maximum absolute atomic E-state index is 15.6. The van der Waals surface area contributed by atoms with E-state index in [9.17, 15) is 18.3 Å². The highest BCUT2D eigenvalue weighted by atomic mass is 32.2. The monoisotopic (exact) mass is 644 g/mol. The van der Waals surface area contributed by atoms with Gasteiger partial charge in [-0.25, -0.2) is 27.6 Å². The third-order valence-electron chi connectivity index (χ3n) is 7.67. The number of aromatic nitrogens is 4. The summed E-state index contributed by atoms with van der Waals surface area (Å²) >= 11 is 1.19. The first kappa shape index (κ1) is 32.0. The number of carboxylic acid groups (broad SMARTS) is 1. The van der Waals surface area contributed by atoms with Crippen LogP contribution in [-0.2, 0) is 39.3 Å². The van der Waals surface area contributed by atoms with Gasteiger partial charge in [0, 0.05) is 47.5 Å². The van der Waals surface area contributed by atoms with Crippen LogP contribution in [0.2, 0.25) is 0 Å². The Morgan fingerprint density at radius 1 is 1.25 bits per heavy atom. The molecule has 0 unspecified atom stereocenters. The Labute approximate surface area is 260 Å². The van der Waals surface area contributed by atoms with Crippen molar-refractivity contribution in [3.63, 3.8) is 0 Å². The highest BCUT2D eigenvalue weighted by Crippen LogP contribution is 2.45. The minimum absolute atomic E-state index is 0.0496. The smallest absolute Gasteiger partial charge is 0.337 e. The third-order valence-corrected chi connectivity index (χ3v) is 9.47. The van der Waals surface area contributed by atoms with E-state index in [1.54, 1.807) is 27.7 Å². The van der Waals surface area contributed by atoms with Crippen LogP contribution in [-0.4, -0.2) is 62.6 Å². The van der Waals surface area contributed by atoms with Crippen molar-refractivity contribution >= 4 is 38.4 Å². The number of carbonyl (C=O) groups is 1. The number of benzene rings is 1. The van der Waals surface area contributed by atoms with Gasteiger partial charge in [0.15, 0.2) is 22.7 Å². The molecule has 0 fully saturated rings. The van der Waals surface area contributed by atoms with Crippen molar-refractivity contribution in [3.05, 3.63) is 46.2 Å². The minimum atomic E-state index is -3.09. The lowest BCUT2D eigenvalue weighted by Gasteiger charge is -2.29. The summed E-state index contributed by atoms with van der Waals surface area (Å²) in [7, 11) is -1.25.